The van der Waals surface area contributed by atoms with Crippen LogP contribution in [0.15, 0.2) is 47.8 Å². The number of hydrogen-bond donors (Lipinski definition) is 4. The molecule has 1 aromatic carbocycles. The summed E-state index contributed by atoms with van der Waals surface area (Å²) in [5.74, 6) is -3.03. The molecule has 0 radical (unpaired) electrons. The third-order valence-corrected chi connectivity index (χ3v) is 14.3. The van der Waals surface area contributed by atoms with Gasteiger partial charge in [0.15, 0.2) is 9.84 Å². The van der Waals surface area contributed by atoms with Crippen LogP contribution in [0.25, 0.3) is 0 Å². The van der Waals surface area contributed by atoms with Gasteiger partial charge in [0.05, 0.1) is 37.0 Å². The van der Waals surface area contributed by atoms with Gasteiger partial charge in [-0.2, -0.15) is 0 Å². The van der Waals surface area contributed by atoms with E-state index in [2.05, 4.69) is 10.6 Å². The zero-order valence-electron chi connectivity index (χ0n) is 29.9. The lowest BCUT2D eigenvalue weighted by atomic mass is 9.82. The average Bonchev–Trinajstić information content (AvgIpc) is 3.86. The Morgan fingerprint density at radius 2 is 1.61 bits per heavy atom. The van der Waals surface area contributed by atoms with Crippen molar-refractivity contribution in [2.75, 3.05) is 32.1 Å². The third kappa shape index (κ3) is 10.6. The summed E-state index contributed by atoms with van der Waals surface area (Å²) in [6.07, 6.45) is 5.66. The molecule has 2 heterocycles. The van der Waals surface area contributed by atoms with Crippen LogP contribution in [0, 0.1) is 17.8 Å². The highest BCUT2D eigenvalue weighted by molar-refractivity contribution is 7.93. The zero-order chi connectivity index (χ0) is 36.6. The molecule has 282 valence electrons. The molecule has 1 aliphatic heterocycles. The fourth-order valence-electron chi connectivity index (χ4n) is 7.31. The first-order valence-corrected chi connectivity index (χ1v) is 21.0. The molecule has 1 aromatic heterocycles. The van der Waals surface area contributed by atoms with Crippen LogP contribution < -0.4 is 10.6 Å². The molecule has 4 N–H and O–H groups in total. The molecule has 2 saturated carbocycles. The quantitative estimate of drug-likeness (QED) is 0.192. The number of nitrogens with one attached hydrogen (secondary N) is 2. The molecule has 3 fully saturated rings. The Morgan fingerprint density at radius 3 is 2.24 bits per heavy atom. The number of amides is 3. The highest BCUT2D eigenvalue weighted by Crippen LogP contribution is 2.36. The number of sulfone groups is 1. The van der Waals surface area contributed by atoms with Crippen LogP contribution in [0.2, 0.25) is 0 Å². The minimum Gasteiger partial charge on any atom is -0.390 e. The number of hydrogen-bond acceptors (Lipinski definition) is 9. The maximum absolute atomic E-state index is 14.3. The minimum absolute atomic E-state index is 0.00690. The second kappa shape index (κ2) is 17.8. The molecule has 11 nitrogen and oxygen atoms in total. The van der Waals surface area contributed by atoms with Gasteiger partial charge in [-0.3, -0.25) is 14.4 Å². The number of morpholine rings is 1. The zero-order valence-corrected chi connectivity index (χ0v) is 31.5. The first kappa shape index (κ1) is 39.4. The smallest absolute Gasteiger partial charge is 0.243 e. The van der Waals surface area contributed by atoms with Gasteiger partial charge in [0.25, 0.3) is 0 Å². The van der Waals surface area contributed by atoms with E-state index in [-0.39, 0.29) is 18.8 Å². The van der Waals surface area contributed by atoms with Crippen molar-refractivity contribution in [3.63, 3.8) is 0 Å². The van der Waals surface area contributed by atoms with Crippen molar-refractivity contribution in [1.29, 1.82) is 0 Å². The Bertz CT molecular complexity index is 1540. The monoisotopic (exact) mass is 745 g/mol. The molecule has 0 bridgehead atoms. The lowest BCUT2D eigenvalue weighted by Crippen LogP contribution is -2.57. The summed E-state index contributed by atoms with van der Waals surface area (Å²) in [5.41, 5.74) is 0.745. The summed E-state index contributed by atoms with van der Waals surface area (Å²) in [4.78, 5) is 44.3. The first-order valence-electron chi connectivity index (χ1n) is 18.5. The minimum atomic E-state index is -4.19. The van der Waals surface area contributed by atoms with Crippen molar-refractivity contribution in [3.8, 4) is 0 Å². The Balaban J connectivity index is 1.38. The highest BCUT2D eigenvalue weighted by Gasteiger charge is 2.46. The van der Waals surface area contributed by atoms with Crippen LogP contribution >= 0.6 is 11.3 Å². The predicted octanol–water partition coefficient (Wildman–Crippen LogP) is 3.27. The summed E-state index contributed by atoms with van der Waals surface area (Å²) in [6.45, 7) is 4.01. The summed E-state index contributed by atoms with van der Waals surface area (Å²) in [7, 11) is -4.19. The number of carbonyl (C=O) groups is 3. The molecular formula is C38H55N3O8S2. The van der Waals surface area contributed by atoms with E-state index >= 15 is 0 Å². The topological polar surface area (TPSA) is 162 Å². The number of nitrogens with zero attached hydrogens (tertiary/aromatic N) is 1. The van der Waals surface area contributed by atoms with Crippen molar-refractivity contribution in [2.24, 2.45) is 17.8 Å². The number of aliphatic hydroxyl groups excluding tert-OH is 2. The molecule has 2 aliphatic carbocycles. The van der Waals surface area contributed by atoms with Crippen molar-refractivity contribution in [3.05, 3.63) is 58.3 Å². The Kier molecular flexibility index (Phi) is 13.7. The Hall–Kier alpha value is -2.84. The summed E-state index contributed by atoms with van der Waals surface area (Å²) in [6, 6.07) is 11.0. The number of aliphatic hydroxyl groups is 2. The fourth-order valence-corrected chi connectivity index (χ4v) is 9.67. The van der Waals surface area contributed by atoms with Crippen molar-refractivity contribution < 1.29 is 37.8 Å². The van der Waals surface area contributed by atoms with Gasteiger partial charge in [0.1, 0.15) is 16.9 Å². The van der Waals surface area contributed by atoms with Crippen molar-refractivity contribution >= 4 is 38.9 Å². The van der Waals surface area contributed by atoms with E-state index in [1.807, 2.05) is 47.8 Å². The number of benzene rings is 1. The largest absolute Gasteiger partial charge is 0.390 e. The second-order valence-electron chi connectivity index (χ2n) is 15.1. The predicted molar refractivity (Wildman–Crippen MR) is 197 cm³/mol. The van der Waals surface area contributed by atoms with Gasteiger partial charge < -0.3 is 30.5 Å². The molecule has 13 heteroatoms. The van der Waals surface area contributed by atoms with Gasteiger partial charge in [-0.25, -0.2) is 8.42 Å². The molecular weight excluding hydrogens is 691 g/mol. The van der Waals surface area contributed by atoms with E-state index < -0.39 is 68.3 Å². The van der Waals surface area contributed by atoms with Crippen LogP contribution in [0.1, 0.15) is 75.7 Å². The van der Waals surface area contributed by atoms with Gasteiger partial charge in [0.2, 0.25) is 17.7 Å². The van der Waals surface area contributed by atoms with E-state index in [1.165, 1.54) is 30.1 Å². The molecule has 0 spiro atoms. The van der Waals surface area contributed by atoms with Gasteiger partial charge >= 0.3 is 0 Å². The van der Waals surface area contributed by atoms with E-state index in [0.29, 0.717) is 38.6 Å². The third-order valence-electron chi connectivity index (χ3n) is 10.8. The fraction of sp³-hybridized carbons (Fsp3) is 0.658. The molecule has 0 unspecified atom stereocenters. The lowest BCUT2D eigenvalue weighted by Gasteiger charge is -2.35. The normalized spacial score (nSPS) is 20.5. The molecule has 1 saturated heterocycles. The number of ether oxygens (including phenoxy) is 1. The Labute approximate surface area is 306 Å². The number of thiophene rings is 1. The van der Waals surface area contributed by atoms with Crippen LogP contribution in [0.5, 0.6) is 0 Å². The number of carbonyl (C=O) groups excluding carboxylic acids is 3. The van der Waals surface area contributed by atoms with Crippen molar-refractivity contribution in [1.82, 2.24) is 15.5 Å². The van der Waals surface area contributed by atoms with E-state index in [0.717, 1.165) is 55.4 Å². The van der Waals surface area contributed by atoms with Gasteiger partial charge in [0, 0.05) is 24.4 Å². The Morgan fingerprint density at radius 1 is 0.922 bits per heavy atom. The summed E-state index contributed by atoms with van der Waals surface area (Å²) in [5, 5.41) is 30.0. The number of rotatable bonds is 17. The molecule has 51 heavy (non-hydrogen) atoms. The van der Waals surface area contributed by atoms with E-state index in [4.69, 9.17) is 4.74 Å². The van der Waals surface area contributed by atoms with Crippen LogP contribution in [-0.2, 0) is 41.8 Å². The molecule has 5 rings (SSSR count). The van der Waals surface area contributed by atoms with Gasteiger partial charge in [-0.05, 0) is 68.4 Å². The van der Waals surface area contributed by atoms with Crippen LogP contribution in [0.3, 0.4) is 0 Å². The first-order chi connectivity index (χ1) is 24.4. The van der Waals surface area contributed by atoms with E-state index in [1.54, 1.807) is 0 Å². The highest BCUT2D eigenvalue weighted by atomic mass is 32.2. The maximum Gasteiger partial charge on any atom is 0.243 e. The van der Waals surface area contributed by atoms with Crippen LogP contribution in [0.4, 0.5) is 0 Å². The molecule has 2 aromatic rings. The maximum atomic E-state index is 14.3. The van der Waals surface area contributed by atoms with Crippen molar-refractivity contribution in [2.45, 2.75) is 107 Å². The second-order valence-corrected chi connectivity index (χ2v) is 18.7. The summed E-state index contributed by atoms with van der Waals surface area (Å²) >= 11 is 1.44. The van der Waals surface area contributed by atoms with Gasteiger partial charge in [-0.1, -0.05) is 68.5 Å². The molecule has 3 amide bonds. The molecule has 5 atom stereocenters. The SMILES string of the molecule is CC(C)(C(=O)N1CCOCC1)S(=O)(=O)C[C@@H](Cc1ccccc1)C(=O)N[C@@H](Cc1cccs1)C(=O)N[C@@H](CC1CCCCC1)[C@@H](O)[C@@H](O)C1CC1. The summed E-state index contributed by atoms with van der Waals surface area (Å²) < 4.78 is 31.7. The standard InChI is InChI=1S/C38H55N3O8S2/c1-38(2,37(46)41-17-19-49-20-18-41)51(47,48)25-29(22-26-10-5-3-6-11-26)35(44)40-32(24-30-14-9-21-50-30)36(45)39-31(23-27-12-7-4-8-13-27)34(43)33(42)28-15-16-28/h3,5-6,9-11,14,21,27-29,31-34,42-43H,4,7-8,12-13,15-20,22-25H2,1-2H3,(H,39,45)(H,40,44)/t29-,31+,32+,33+,34-/m1/s1. The van der Waals surface area contributed by atoms with Gasteiger partial charge in [-0.15, -0.1) is 11.3 Å². The van der Waals surface area contributed by atoms with Crippen LogP contribution in [-0.4, -0.2) is 102 Å². The van der Waals surface area contributed by atoms with E-state index in [9.17, 15) is 33.0 Å². The average molecular weight is 746 g/mol. The lowest BCUT2D eigenvalue weighted by molar-refractivity contribution is -0.137. The molecule has 3 aliphatic rings.